The van der Waals surface area contributed by atoms with Crippen LogP contribution in [0.3, 0.4) is 0 Å². The van der Waals surface area contributed by atoms with Crippen LogP contribution >= 0.6 is 0 Å². The van der Waals surface area contributed by atoms with E-state index in [4.69, 9.17) is 15.1 Å². The highest BCUT2D eigenvalue weighted by atomic mass is 16.5. The molecule has 0 bridgehead atoms. The summed E-state index contributed by atoms with van der Waals surface area (Å²) in [6, 6.07) is 5.86. The van der Waals surface area contributed by atoms with E-state index in [-0.39, 0.29) is 12.0 Å². The number of carbonyl (C=O) groups is 1. The first kappa shape index (κ1) is 14.0. The highest BCUT2D eigenvalue weighted by Crippen LogP contribution is 2.25. The Morgan fingerprint density at radius 3 is 2.67 bits per heavy atom. The van der Waals surface area contributed by atoms with Crippen molar-refractivity contribution >= 4 is 5.97 Å². The molecule has 0 fully saturated rings. The number of nitrogens with zero attached hydrogens (tertiary/aromatic N) is 1. The van der Waals surface area contributed by atoms with Gasteiger partial charge in [0, 0.05) is 5.56 Å². The van der Waals surface area contributed by atoms with Gasteiger partial charge in [-0.3, -0.25) is 4.79 Å². The Labute approximate surface area is 104 Å². The largest absolute Gasteiger partial charge is 0.496 e. The van der Waals surface area contributed by atoms with Crippen molar-refractivity contribution in [2.75, 3.05) is 7.11 Å². The van der Waals surface area contributed by atoms with Crippen molar-refractivity contribution in [1.82, 2.24) is 0 Å². The lowest BCUT2D eigenvalue weighted by Crippen LogP contribution is -2.16. The molecule has 1 aromatic rings. The number of aliphatic carboxylic acids is 1. The molecule has 96 valence electrons. The Hall–Kier alpha value is -2.10. The molecule has 0 saturated heterocycles. The van der Waals surface area contributed by atoms with Crippen LogP contribution in [0.15, 0.2) is 18.2 Å². The summed E-state index contributed by atoms with van der Waals surface area (Å²) in [6.45, 7) is 0. The number of benzene rings is 1. The summed E-state index contributed by atoms with van der Waals surface area (Å²) >= 11 is 0. The monoisotopic (exact) mass is 251 g/mol. The van der Waals surface area contributed by atoms with Crippen molar-refractivity contribution < 1.29 is 24.9 Å². The zero-order valence-electron chi connectivity index (χ0n) is 9.70. The standard InChI is InChI=1S/C12H13NO5/c1-18-10-4-8(12(17)9(14)6-13)3-2-7(10)5-11(15)16/h2-4,9,12,14,17H,5H2,1H3,(H,15,16). The lowest BCUT2D eigenvalue weighted by Gasteiger charge is -2.14. The van der Waals surface area contributed by atoms with Gasteiger partial charge in [0.15, 0.2) is 6.10 Å². The molecular weight excluding hydrogens is 238 g/mol. The van der Waals surface area contributed by atoms with Gasteiger partial charge in [-0.1, -0.05) is 12.1 Å². The Kier molecular flexibility index (Phi) is 4.66. The number of carboxylic acids is 1. The molecule has 0 aliphatic rings. The van der Waals surface area contributed by atoms with Crippen LogP contribution in [0.1, 0.15) is 17.2 Å². The van der Waals surface area contributed by atoms with Crippen molar-refractivity contribution in [3.63, 3.8) is 0 Å². The van der Waals surface area contributed by atoms with Crippen LogP contribution in [0.25, 0.3) is 0 Å². The van der Waals surface area contributed by atoms with E-state index < -0.39 is 18.2 Å². The van der Waals surface area contributed by atoms with Crippen molar-refractivity contribution in [1.29, 1.82) is 5.26 Å². The number of methoxy groups -OCH3 is 1. The lowest BCUT2D eigenvalue weighted by atomic mass is 10.0. The number of ether oxygens (including phenoxy) is 1. The third-order valence-corrected chi connectivity index (χ3v) is 2.43. The summed E-state index contributed by atoms with van der Waals surface area (Å²) < 4.78 is 5.01. The van der Waals surface area contributed by atoms with Crippen molar-refractivity contribution in [2.24, 2.45) is 0 Å². The minimum atomic E-state index is -1.54. The fourth-order valence-corrected chi connectivity index (χ4v) is 1.51. The summed E-state index contributed by atoms with van der Waals surface area (Å²) in [6.07, 6.45) is -3.11. The van der Waals surface area contributed by atoms with Crippen LogP contribution in [0.4, 0.5) is 0 Å². The number of hydrogen-bond donors (Lipinski definition) is 3. The maximum Gasteiger partial charge on any atom is 0.307 e. The molecule has 6 nitrogen and oxygen atoms in total. The second kappa shape index (κ2) is 6.00. The van der Waals surface area contributed by atoms with E-state index >= 15 is 0 Å². The first-order valence-electron chi connectivity index (χ1n) is 5.14. The van der Waals surface area contributed by atoms with Crippen LogP contribution in [0.5, 0.6) is 5.75 Å². The molecule has 18 heavy (non-hydrogen) atoms. The molecule has 0 heterocycles. The fourth-order valence-electron chi connectivity index (χ4n) is 1.51. The molecule has 0 aliphatic heterocycles. The van der Waals surface area contributed by atoms with Crippen molar-refractivity contribution in [3.8, 4) is 11.8 Å². The third-order valence-electron chi connectivity index (χ3n) is 2.43. The van der Waals surface area contributed by atoms with Crippen molar-refractivity contribution in [3.05, 3.63) is 29.3 Å². The predicted molar refractivity (Wildman–Crippen MR) is 60.9 cm³/mol. The SMILES string of the molecule is COc1cc(C(O)C(O)C#N)ccc1CC(=O)O. The van der Waals surface area contributed by atoms with Gasteiger partial charge in [-0.15, -0.1) is 0 Å². The molecule has 0 radical (unpaired) electrons. The van der Waals surface area contributed by atoms with Gasteiger partial charge in [0.1, 0.15) is 11.9 Å². The Morgan fingerprint density at radius 2 is 2.17 bits per heavy atom. The molecule has 0 aliphatic carbocycles. The second-order valence-electron chi connectivity index (χ2n) is 3.66. The summed E-state index contributed by atoms with van der Waals surface area (Å²) in [5.74, 6) is -0.710. The van der Waals surface area contributed by atoms with Gasteiger partial charge in [0.2, 0.25) is 0 Å². The first-order valence-corrected chi connectivity index (χ1v) is 5.14. The zero-order chi connectivity index (χ0) is 13.7. The molecular formula is C12H13NO5. The second-order valence-corrected chi connectivity index (χ2v) is 3.66. The molecule has 0 amide bonds. The molecule has 2 unspecified atom stereocenters. The highest BCUT2D eigenvalue weighted by Gasteiger charge is 2.19. The van der Waals surface area contributed by atoms with Crippen LogP contribution in [-0.2, 0) is 11.2 Å². The molecule has 0 spiro atoms. The zero-order valence-corrected chi connectivity index (χ0v) is 9.70. The van der Waals surface area contributed by atoms with Crippen LogP contribution in [-0.4, -0.2) is 34.5 Å². The van der Waals surface area contributed by atoms with E-state index in [1.807, 2.05) is 0 Å². The van der Waals surface area contributed by atoms with Gasteiger partial charge in [-0.05, 0) is 11.6 Å². The average Bonchev–Trinajstić information content (AvgIpc) is 2.36. The molecule has 1 rings (SSSR count). The Morgan fingerprint density at radius 1 is 1.50 bits per heavy atom. The predicted octanol–water partition coefficient (Wildman–Crippen LogP) is 0.240. The van der Waals surface area contributed by atoms with Crippen LogP contribution < -0.4 is 4.74 Å². The number of rotatable bonds is 5. The summed E-state index contributed by atoms with van der Waals surface area (Å²) in [4.78, 5) is 10.6. The van der Waals surface area contributed by atoms with Gasteiger partial charge >= 0.3 is 5.97 Å². The van der Waals surface area contributed by atoms with Crippen molar-refractivity contribution in [2.45, 2.75) is 18.6 Å². The minimum Gasteiger partial charge on any atom is -0.496 e. The number of aliphatic hydroxyl groups is 2. The van der Waals surface area contributed by atoms with Gasteiger partial charge in [0.25, 0.3) is 0 Å². The van der Waals surface area contributed by atoms with E-state index in [1.54, 1.807) is 0 Å². The van der Waals surface area contributed by atoms with Gasteiger partial charge < -0.3 is 20.1 Å². The number of aliphatic hydroxyl groups excluding tert-OH is 2. The summed E-state index contributed by atoms with van der Waals surface area (Å²) in [7, 11) is 1.37. The van der Waals surface area contributed by atoms with E-state index in [1.165, 1.54) is 31.4 Å². The van der Waals surface area contributed by atoms with E-state index in [0.717, 1.165) is 0 Å². The molecule has 2 atom stereocenters. The minimum absolute atomic E-state index is 0.208. The molecule has 6 heteroatoms. The molecule has 3 N–H and O–H groups in total. The first-order chi connectivity index (χ1) is 8.49. The number of hydrogen-bond acceptors (Lipinski definition) is 5. The van der Waals surface area contributed by atoms with E-state index in [0.29, 0.717) is 11.3 Å². The van der Waals surface area contributed by atoms with E-state index in [2.05, 4.69) is 0 Å². The average molecular weight is 251 g/mol. The smallest absolute Gasteiger partial charge is 0.307 e. The summed E-state index contributed by atoms with van der Waals surface area (Å²) in [5, 5.41) is 36.1. The highest BCUT2D eigenvalue weighted by molar-refractivity contribution is 5.71. The fraction of sp³-hybridized carbons (Fsp3) is 0.333. The van der Waals surface area contributed by atoms with Crippen LogP contribution in [0, 0.1) is 11.3 Å². The maximum atomic E-state index is 10.6. The van der Waals surface area contributed by atoms with Crippen LogP contribution in [0.2, 0.25) is 0 Å². The van der Waals surface area contributed by atoms with Gasteiger partial charge in [-0.2, -0.15) is 5.26 Å². The molecule has 0 saturated carbocycles. The quantitative estimate of drug-likeness (QED) is 0.646. The summed E-state index contributed by atoms with van der Waals surface area (Å²) in [5.41, 5.74) is 0.738. The Bertz CT molecular complexity index is 480. The number of nitriles is 1. The number of carboxylic acid groups (broad SMARTS) is 1. The molecule has 0 aromatic heterocycles. The third kappa shape index (κ3) is 3.20. The van der Waals surface area contributed by atoms with E-state index in [9.17, 15) is 15.0 Å². The molecule has 1 aromatic carbocycles. The van der Waals surface area contributed by atoms with Gasteiger partial charge in [0.05, 0.1) is 19.6 Å². The maximum absolute atomic E-state index is 10.6. The normalized spacial score (nSPS) is 13.4. The topological polar surface area (TPSA) is 111 Å². The lowest BCUT2D eigenvalue weighted by molar-refractivity contribution is -0.136. The Balaban J connectivity index is 3.05. The van der Waals surface area contributed by atoms with Gasteiger partial charge in [-0.25, -0.2) is 0 Å².